The van der Waals surface area contributed by atoms with Crippen LogP contribution in [0.2, 0.25) is 5.02 Å². The van der Waals surface area contributed by atoms with Gasteiger partial charge in [0.2, 0.25) is 5.91 Å². The first kappa shape index (κ1) is 25.1. The summed E-state index contributed by atoms with van der Waals surface area (Å²) in [5.74, 6) is -1.32. The van der Waals surface area contributed by atoms with Crippen LogP contribution in [0, 0.1) is 11.2 Å². The maximum absolute atomic E-state index is 13.4. The van der Waals surface area contributed by atoms with Crippen molar-refractivity contribution >= 4 is 35.0 Å². The molecule has 2 aliphatic rings. The Balaban J connectivity index is 1.35. The molecular weight excluding hydrogens is 477 g/mol. The molecule has 3 N–H and O–H groups in total. The Kier molecular flexibility index (Phi) is 7.42. The molecule has 2 fully saturated rings. The Morgan fingerprint density at radius 2 is 2.06 bits per heavy atom. The van der Waals surface area contributed by atoms with Gasteiger partial charge in [0.15, 0.2) is 5.69 Å². The van der Waals surface area contributed by atoms with Crippen molar-refractivity contribution in [2.75, 3.05) is 25.2 Å². The average molecular weight is 506 g/mol. The number of halogens is 2. The van der Waals surface area contributed by atoms with E-state index in [1.807, 2.05) is 0 Å². The number of methoxy groups -OCH3 is 1. The van der Waals surface area contributed by atoms with Crippen LogP contribution in [0.3, 0.4) is 0 Å². The van der Waals surface area contributed by atoms with Crippen molar-refractivity contribution in [3.05, 3.63) is 46.8 Å². The molecule has 1 saturated carbocycles. The molecule has 9 nitrogen and oxygen atoms in total. The number of hydrogen-bond acceptors (Lipinski definition) is 5. The number of H-pyrrole nitrogens is 1. The highest BCUT2D eigenvalue weighted by Gasteiger charge is 2.49. The standard InChI is InChI=1S/C24H29ClFN5O4/c1-14(12-35-2)29-21(32)19-20(28-13-27-19)22(33)30-16-5-7-24(8-6-16)9-10-31(23(24)34)18-4-3-15(26)11-17(18)25/h3-4,11,13-14,16H,5-10,12H2,1-2H3,(H,27,28)(H,29,32)(H,30,33). The van der Waals surface area contributed by atoms with Gasteiger partial charge in [-0.25, -0.2) is 9.37 Å². The van der Waals surface area contributed by atoms with Gasteiger partial charge in [-0.15, -0.1) is 0 Å². The number of carbonyl (C=O) groups is 3. The molecule has 1 atom stereocenters. The Bertz CT molecular complexity index is 1120. The molecular formula is C24H29ClFN5O4. The molecule has 2 heterocycles. The van der Waals surface area contributed by atoms with E-state index >= 15 is 0 Å². The van der Waals surface area contributed by atoms with Crippen LogP contribution in [-0.4, -0.2) is 60.0 Å². The van der Waals surface area contributed by atoms with Gasteiger partial charge < -0.3 is 25.3 Å². The van der Waals surface area contributed by atoms with Gasteiger partial charge in [-0.2, -0.15) is 0 Å². The zero-order chi connectivity index (χ0) is 25.2. The van der Waals surface area contributed by atoms with Crippen LogP contribution in [0.15, 0.2) is 24.5 Å². The van der Waals surface area contributed by atoms with E-state index in [1.165, 1.54) is 24.5 Å². The summed E-state index contributed by atoms with van der Waals surface area (Å²) >= 11 is 6.19. The van der Waals surface area contributed by atoms with Crippen molar-refractivity contribution in [3.8, 4) is 0 Å². The van der Waals surface area contributed by atoms with Crippen LogP contribution in [0.5, 0.6) is 0 Å². The fourth-order valence-corrected chi connectivity index (χ4v) is 5.28. The third-order valence-electron chi connectivity index (χ3n) is 6.87. The van der Waals surface area contributed by atoms with Gasteiger partial charge in [0, 0.05) is 25.7 Å². The fourth-order valence-electron chi connectivity index (χ4n) is 5.01. The molecule has 11 heteroatoms. The molecule has 1 spiro atoms. The van der Waals surface area contributed by atoms with E-state index in [1.54, 1.807) is 18.9 Å². The van der Waals surface area contributed by atoms with Crippen LogP contribution in [-0.2, 0) is 9.53 Å². The minimum Gasteiger partial charge on any atom is -0.383 e. The lowest BCUT2D eigenvalue weighted by atomic mass is 9.71. The molecule has 0 bridgehead atoms. The van der Waals surface area contributed by atoms with Gasteiger partial charge in [-0.3, -0.25) is 14.4 Å². The molecule has 1 aromatic carbocycles. The van der Waals surface area contributed by atoms with Gasteiger partial charge >= 0.3 is 0 Å². The lowest BCUT2D eigenvalue weighted by Crippen LogP contribution is -2.44. The van der Waals surface area contributed by atoms with Crippen LogP contribution < -0.4 is 15.5 Å². The number of nitrogens with one attached hydrogen (secondary N) is 3. The van der Waals surface area contributed by atoms with E-state index in [2.05, 4.69) is 20.6 Å². The number of imidazole rings is 1. The fraction of sp³-hybridized carbons (Fsp3) is 0.500. The summed E-state index contributed by atoms with van der Waals surface area (Å²) in [4.78, 5) is 47.1. The molecule has 188 valence electrons. The first-order valence-electron chi connectivity index (χ1n) is 11.6. The van der Waals surface area contributed by atoms with Crippen LogP contribution >= 0.6 is 11.6 Å². The second-order valence-corrected chi connectivity index (χ2v) is 9.69. The normalized spacial score (nSPS) is 22.9. The second-order valence-electron chi connectivity index (χ2n) is 9.29. The highest BCUT2D eigenvalue weighted by Crippen LogP contribution is 2.47. The molecule has 1 aliphatic carbocycles. The number of carbonyl (C=O) groups excluding carboxylic acids is 3. The second kappa shape index (κ2) is 10.3. The Morgan fingerprint density at radius 1 is 1.31 bits per heavy atom. The van der Waals surface area contributed by atoms with E-state index in [4.69, 9.17) is 16.3 Å². The van der Waals surface area contributed by atoms with Crippen molar-refractivity contribution < 1.29 is 23.5 Å². The first-order valence-corrected chi connectivity index (χ1v) is 12.0. The number of aromatic nitrogens is 2. The average Bonchev–Trinajstić information content (AvgIpc) is 3.42. The highest BCUT2D eigenvalue weighted by molar-refractivity contribution is 6.34. The molecule has 4 rings (SSSR count). The summed E-state index contributed by atoms with van der Waals surface area (Å²) < 4.78 is 18.4. The molecule has 1 aromatic heterocycles. The van der Waals surface area contributed by atoms with E-state index in [0.29, 0.717) is 50.9 Å². The summed E-state index contributed by atoms with van der Waals surface area (Å²) in [5, 5.41) is 5.93. The third-order valence-corrected chi connectivity index (χ3v) is 7.17. The topological polar surface area (TPSA) is 116 Å². The maximum atomic E-state index is 13.4. The van der Waals surface area contributed by atoms with Gasteiger partial charge in [-0.1, -0.05) is 11.6 Å². The number of hydrogen-bond donors (Lipinski definition) is 3. The third kappa shape index (κ3) is 5.18. The van der Waals surface area contributed by atoms with Gasteiger partial charge in [0.1, 0.15) is 11.5 Å². The zero-order valence-electron chi connectivity index (χ0n) is 19.7. The minimum absolute atomic E-state index is 0.00603. The van der Waals surface area contributed by atoms with Gasteiger partial charge in [-0.05, 0) is 57.2 Å². The predicted octanol–water partition coefficient (Wildman–Crippen LogP) is 3.06. The minimum atomic E-state index is -0.505. The molecule has 1 saturated heterocycles. The quantitative estimate of drug-likeness (QED) is 0.534. The van der Waals surface area contributed by atoms with Crippen LogP contribution in [0.4, 0.5) is 10.1 Å². The number of aromatic amines is 1. The van der Waals surface area contributed by atoms with Crippen LogP contribution in [0.25, 0.3) is 0 Å². The van der Waals surface area contributed by atoms with Crippen molar-refractivity contribution in [2.24, 2.45) is 5.41 Å². The lowest BCUT2D eigenvalue weighted by molar-refractivity contribution is -0.127. The van der Waals surface area contributed by atoms with Gasteiger partial charge in [0.05, 0.1) is 29.1 Å². The van der Waals surface area contributed by atoms with E-state index in [0.717, 1.165) is 0 Å². The van der Waals surface area contributed by atoms with Crippen molar-refractivity contribution in [1.82, 2.24) is 20.6 Å². The van der Waals surface area contributed by atoms with Crippen molar-refractivity contribution in [1.29, 1.82) is 0 Å². The van der Waals surface area contributed by atoms with E-state index in [-0.39, 0.29) is 34.4 Å². The summed E-state index contributed by atoms with van der Waals surface area (Å²) in [6.07, 6.45) is 4.50. The summed E-state index contributed by atoms with van der Waals surface area (Å²) in [6, 6.07) is 3.69. The Morgan fingerprint density at radius 3 is 2.74 bits per heavy atom. The van der Waals surface area contributed by atoms with Crippen molar-refractivity contribution in [2.45, 2.75) is 51.1 Å². The molecule has 2 aromatic rings. The Hall–Kier alpha value is -2.98. The van der Waals surface area contributed by atoms with Gasteiger partial charge in [0.25, 0.3) is 11.8 Å². The number of benzene rings is 1. The zero-order valence-corrected chi connectivity index (χ0v) is 20.5. The lowest BCUT2D eigenvalue weighted by Gasteiger charge is -2.36. The van der Waals surface area contributed by atoms with Crippen molar-refractivity contribution in [3.63, 3.8) is 0 Å². The molecule has 1 aliphatic heterocycles. The monoisotopic (exact) mass is 505 g/mol. The Labute approximate surface area is 207 Å². The number of ether oxygens (including phenoxy) is 1. The number of anilines is 1. The van der Waals surface area contributed by atoms with Crippen LogP contribution in [0.1, 0.15) is 60.0 Å². The summed E-state index contributed by atoms with van der Waals surface area (Å²) in [6.45, 7) is 2.65. The number of nitrogens with zero attached hydrogens (tertiary/aromatic N) is 2. The number of rotatable bonds is 7. The molecule has 1 unspecified atom stereocenters. The highest BCUT2D eigenvalue weighted by atomic mass is 35.5. The molecule has 3 amide bonds. The summed E-state index contributed by atoms with van der Waals surface area (Å²) in [7, 11) is 1.54. The largest absolute Gasteiger partial charge is 0.383 e. The predicted molar refractivity (Wildman–Crippen MR) is 128 cm³/mol. The SMILES string of the molecule is COCC(C)NC(=O)c1nc[nH]c1C(=O)NC1CCC2(CC1)CCN(c1ccc(F)cc1Cl)C2=O. The first-order chi connectivity index (χ1) is 16.7. The van der Waals surface area contributed by atoms with E-state index < -0.39 is 23.0 Å². The smallest absolute Gasteiger partial charge is 0.272 e. The number of amides is 3. The maximum Gasteiger partial charge on any atom is 0.272 e. The molecule has 0 radical (unpaired) electrons. The van der Waals surface area contributed by atoms with E-state index in [9.17, 15) is 18.8 Å². The molecule has 35 heavy (non-hydrogen) atoms. The summed E-state index contributed by atoms with van der Waals surface area (Å²) in [5.41, 5.74) is 0.141.